The largest absolute Gasteiger partial charge is 0.494 e. The van der Waals surface area contributed by atoms with Crippen LogP contribution in [-0.4, -0.2) is 39.7 Å². The molecular formula is C24H24N2O6S. The number of rotatable bonds is 8. The number of hydrogen-bond acceptors (Lipinski definition) is 6. The molecule has 0 fully saturated rings. The summed E-state index contributed by atoms with van der Waals surface area (Å²) in [5, 5.41) is 0. The number of carbonyl (C=O) groups is 1. The summed E-state index contributed by atoms with van der Waals surface area (Å²) in [7, 11) is -2.13. The van der Waals surface area contributed by atoms with Gasteiger partial charge in [-0.25, -0.2) is 8.42 Å². The zero-order chi connectivity index (χ0) is 23.4. The van der Waals surface area contributed by atoms with Gasteiger partial charge in [-0.1, -0.05) is 12.1 Å². The summed E-state index contributed by atoms with van der Waals surface area (Å²) in [6.45, 7) is 2.89. The molecule has 0 atom stereocenters. The van der Waals surface area contributed by atoms with E-state index in [0.717, 1.165) is 5.56 Å². The Morgan fingerprint density at radius 2 is 1.79 bits per heavy atom. The maximum atomic E-state index is 12.9. The number of sulfonamides is 1. The summed E-state index contributed by atoms with van der Waals surface area (Å²) < 4.78 is 44.1. The molecule has 3 aromatic carbocycles. The van der Waals surface area contributed by atoms with Gasteiger partial charge in [0.25, 0.3) is 15.9 Å². The van der Waals surface area contributed by atoms with E-state index < -0.39 is 10.0 Å². The van der Waals surface area contributed by atoms with Gasteiger partial charge in [-0.3, -0.25) is 9.52 Å². The van der Waals surface area contributed by atoms with E-state index in [1.54, 1.807) is 42.3 Å². The minimum Gasteiger partial charge on any atom is -0.494 e. The lowest BCUT2D eigenvalue weighted by Crippen LogP contribution is -2.26. The highest BCUT2D eigenvalue weighted by molar-refractivity contribution is 7.92. The van der Waals surface area contributed by atoms with Gasteiger partial charge in [-0.2, -0.15) is 0 Å². The number of benzene rings is 3. The van der Waals surface area contributed by atoms with E-state index in [2.05, 4.69) is 4.72 Å². The van der Waals surface area contributed by atoms with Crippen LogP contribution in [0.3, 0.4) is 0 Å². The molecule has 0 aliphatic carbocycles. The maximum Gasteiger partial charge on any atom is 0.261 e. The highest BCUT2D eigenvalue weighted by Gasteiger charge is 2.18. The van der Waals surface area contributed by atoms with Gasteiger partial charge >= 0.3 is 0 Å². The molecule has 1 amide bonds. The normalized spacial score (nSPS) is 12.3. The first kappa shape index (κ1) is 22.5. The molecular weight excluding hydrogens is 444 g/mol. The van der Waals surface area contributed by atoms with Crippen molar-refractivity contribution in [3.05, 3.63) is 77.9 Å². The minimum atomic E-state index is -3.82. The molecule has 0 aromatic heterocycles. The smallest absolute Gasteiger partial charge is 0.261 e. The monoisotopic (exact) mass is 468 g/mol. The predicted molar refractivity (Wildman–Crippen MR) is 123 cm³/mol. The number of hydrogen-bond donors (Lipinski definition) is 1. The average Bonchev–Trinajstić information content (AvgIpc) is 3.27. The second-order valence-corrected chi connectivity index (χ2v) is 9.12. The number of nitrogens with zero attached hydrogens (tertiary/aromatic N) is 1. The Morgan fingerprint density at radius 3 is 2.55 bits per heavy atom. The van der Waals surface area contributed by atoms with Crippen LogP contribution in [-0.2, 0) is 16.6 Å². The van der Waals surface area contributed by atoms with Crippen LogP contribution in [0.25, 0.3) is 0 Å². The van der Waals surface area contributed by atoms with E-state index in [9.17, 15) is 13.2 Å². The third-order valence-corrected chi connectivity index (χ3v) is 6.41. The first-order chi connectivity index (χ1) is 15.9. The number of fused-ring (bicyclic) bond motifs is 1. The molecule has 1 aliphatic heterocycles. The molecule has 33 heavy (non-hydrogen) atoms. The maximum absolute atomic E-state index is 12.9. The van der Waals surface area contributed by atoms with Crippen LogP contribution >= 0.6 is 0 Å². The SMILES string of the molecule is CCOc1ccc(S(=O)(=O)Nc2cccc(C(=O)N(C)Cc3ccc4c(c3)OCO4)c2)cc1. The molecule has 0 radical (unpaired) electrons. The van der Waals surface area contributed by atoms with Gasteiger partial charge in [-0.05, 0) is 67.1 Å². The van der Waals surface area contributed by atoms with Crippen molar-refractivity contribution in [3.63, 3.8) is 0 Å². The molecule has 1 aliphatic rings. The number of anilines is 1. The zero-order valence-electron chi connectivity index (χ0n) is 18.3. The lowest BCUT2D eigenvalue weighted by Gasteiger charge is -2.18. The molecule has 1 N–H and O–H groups in total. The summed E-state index contributed by atoms with van der Waals surface area (Å²) in [4.78, 5) is 14.6. The van der Waals surface area contributed by atoms with Crippen LogP contribution in [0, 0.1) is 0 Å². The fraction of sp³-hybridized carbons (Fsp3) is 0.208. The summed E-state index contributed by atoms with van der Waals surface area (Å²) in [5.41, 5.74) is 1.55. The van der Waals surface area contributed by atoms with Crippen molar-refractivity contribution < 1.29 is 27.4 Å². The van der Waals surface area contributed by atoms with E-state index >= 15 is 0 Å². The highest BCUT2D eigenvalue weighted by atomic mass is 32.2. The first-order valence-corrected chi connectivity index (χ1v) is 11.8. The van der Waals surface area contributed by atoms with Crippen molar-refractivity contribution >= 4 is 21.6 Å². The van der Waals surface area contributed by atoms with E-state index in [-0.39, 0.29) is 17.6 Å². The minimum absolute atomic E-state index is 0.0996. The van der Waals surface area contributed by atoms with Gasteiger partial charge in [0.1, 0.15) is 5.75 Å². The fourth-order valence-electron chi connectivity index (χ4n) is 3.42. The van der Waals surface area contributed by atoms with Crippen molar-refractivity contribution in [1.29, 1.82) is 0 Å². The predicted octanol–water partition coefficient (Wildman–Crippen LogP) is 3.89. The van der Waals surface area contributed by atoms with Gasteiger partial charge in [0.15, 0.2) is 11.5 Å². The van der Waals surface area contributed by atoms with E-state index in [4.69, 9.17) is 14.2 Å². The summed E-state index contributed by atoms with van der Waals surface area (Å²) >= 11 is 0. The molecule has 0 unspecified atom stereocenters. The number of amides is 1. The lowest BCUT2D eigenvalue weighted by atomic mass is 10.1. The number of carbonyl (C=O) groups excluding carboxylic acids is 1. The average molecular weight is 469 g/mol. The number of nitrogens with one attached hydrogen (secondary N) is 1. The van der Waals surface area contributed by atoms with Gasteiger partial charge < -0.3 is 19.1 Å². The van der Waals surface area contributed by atoms with Gasteiger partial charge in [0, 0.05) is 24.8 Å². The third kappa shape index (κ3) is 5.20. The summed E-state index contributed by atoms with van der Waals surface area (Å²) in [6.07, 6.45) is 0. The molecule has 0 spiro atoms. The van der Waals surface area contributed by atoms with Crippen molar-refractivity contribution in [1.82, 2.24) is 4.90 Å². The standard InChI is InChI=1S/C24H24N2O6S/c1-3-30-20-8-10-21(11-9-20)33(28,29)25-19-6-4-5-18(14-19)24(27)26(2)15-17-7-12-22-23(13-17)32-16-31-22/h4-14,25H,3,15-16H2,1-2H3. The highest BCUT2D eigenvalue weighted by Crippen LogP contribution is 2.32. The van der Waals surface area contributed by atoms with Crippen LogP contribution in [0.5, 0.6) is 17.2 Å². The van der Waals surface area contributed by atoms with Crippen LogP contribution in [0.15, 0.2) is 71.6 Å². The van der Waals surface area contributed by atoms with Crippen molar-refractivity contribution in [2.75, 3.05) is 25.2 Å². The van der Waals surface area contributed by atoms with Gasteiger partial charge in [-0.15, -0.1) is 0 Å². The molecule has 9 heteroatoms. The first-order valence-electron chi connectivity index (χ1n) is 10.4. The second kappa shape index (κ2) is 9.41. The molecule has 8 nitrogen and oxygen atoms in total. The Labute approximate surface area is 192 Å². The van der Waals surface area contributed by atoms with Crippen LogP contribution < -0.4 is 18.9 Å². The van der Waals surface area contributed by atoms with Gasteiger partial charge in [0.05, 0.1) is 11.5 Å². The molecule has 172 valence electrons. The molecule has 3 aromatic rings. The fourth-order valence-corrected chi connectivity index (χ4v) is 4.47. The Bertz CT molecular complexity index is 1260. The molecule has 0 saturated carbocycles. The zero-order valence-corrected chi connectivity index (χ0v) is 19.1. The third-order valence-electron chi connectivity index (χ3n) is 5.01. The summed E-state index contributed by atoms with van der Waals surface area (Å²) in [6, 6.07) is 18.1. The Morgan fingerprint density at radius 1 is 1.03 bits per heavy atom. The Balaban J connectivity index is 1.45. The topological polar surface area (TPSA) is 94.2 Å². The Hall–Kier alpha value is -3.72. The quantitative estimate of drug-likeness (QED) is 0.539. The van der Waals surface area contributed by atoms with E-state index in [1.165, 1.54) is 18.2 Å². The molecule has 0 saturated heterocycles. The summed E-state index contributed by atoms with van der Waals surface area (Å²) in [5.74, 6) is 1.68. The van der Waals surface area contributed by atoms with Crippen LogP contribution in [0.2, 0.25) is 0 Å². The second-order valence-electron chi connectivity index (χ2n) is 7.44. The molecule has 0 bridgehead atoms. The molecule has 4 rings (SSSR count). The van der Waals surface area contributed by atoms with Gasteiger partial charge in [0.2, 0.25) is 6.79 Å². The van der Waals surface area contributed by atoms with E-state index in [0.29, 0.717) is 41.7 Å². The van der Waals surface area contributed by atoms with E-state index in [1.807, 2.05) is 25.1 Å². The van der Waals surface area contributed by atoms with Crippen LogP contribution in [0.4, 0.5) is 5.69 Å². The molecule has 1 heterocycles. The van der Waals surface area contributed by atoms with Crippen LogP contribution in [0.1, 0.15) is 22.8 Å². The Kier molecular flexibility index (Phi) is 6.41. The van der Waals surface area contributed by atoms with Crippen molar-refractivity contribution in [2.45, 2.75) is 18.4 Å². The van der Waals surface area contributed by atoms with Crippen molar-refractivity contribution in [2.24, 2.45) is 0 Å². The lowest BCUT2D eigenvalue weighted by molar-refractivity contribution is 0.0785. The van der Waals surface area contributed by atoms with Crippen molar-refractivity contribution in [3.8, 4) is 17.2 Å². The number of ether oxygens (including phenoxy) is 3.